The third-order valence-corrected chi connectivity index (χ3v) is 0.463. The molecule has 0 unspecified atom stereocenters. The van der Waals surface area contributed by atoms with Gasteiger partial charge in [-0.25, -0.2) is 0 Å². The molecule has 0 heteroatoms. The highest BCUT2D eigenvalue weighted by Crippen LogP contribution is 2.05. The molecular weight excluding hydrogens is 108 g/mol. The highest BCUT2D eigenvalue weighted by atomic mass is 13.9. The molecule has 0 fully saturated rings. The maximum atomic E-state index is 7.72. The van der Waals surface area contributed by atoms with Crippen molar-refractivity contribution in [2.75, 3.05) is 0 Å². The van der Waals surface area contributed by atoms with Gasteiger partial charge in [-0.2, -0.15) is 0 Å². The summed E-state index contributed by atoms with van der Waals surface area (Å²) in [5.74, 6) is 0. The zero-order valence-corrected chi connectivity index (χ0v) is 5.21. The average Bonchev–Trinajstić information content (AvgIpc) is 2.36. The molecule has 0 aliphatic heterocycles. The van der Waals surface area contributed by atoms with Crippen LogP contribution in [0, 0.1) is 0 Å². The Kier molecular flexibility index (Phi) is 0.968. The highest BCUT2D eigenvalue weighted by Gasteiger charge is 1.85. The molecule has 0 aromatic heterocycles. The third kappa shape index (κ3) is 8.00. The van der Waals surface area contributed by atoms with Crippen molar-refractivity contribution in [2.24, 2.45) is 0 Å². The summed E-state index contributed by atoms with van der Waals surface area (Å²) in [7, 11) is 0. The molecule has 9 heavy (non-hydrogen) atoms. The maximum Gasteiger partial charge on any atom is 0.0267 e. The summed E-state index contributed by atoms with van der Waals surface area (Å²) in [6, 6.07) is 0. The normalized spacial score (nSPS) is 45.7. The minimum absolute atomic E-state index is 0.633. The predicted molar refractivity (Wildman–Crippen MR) is 43.7 cm³/mol. The summed E-state index contributed by atoms with van der Waals surface area (Å²) in [5, 5.41) is 0. The van der Waals surface area contributed by atoms with Gasteiger partial charge in [-0.3, -0.25) is 0 Å². The van der Waals surface area contributed by atoms with Crippen molar-refractivity contribution < 1.29 is 20.6 Å². The molecule has 0 aliphatic carbocycles. The van der Waals surface area contributed by atoms with Crippen LogP contribution in [0.25, 0.3) is 0 Å². The van der Waals surface area contributed by atoms with Crippen LogP contribution in [-0.4, -0.2) is 0 Å². The fourth-order valence-electron chi connectivity index (χ4n) is 0.200. The predicted octanol–water partition coefficient (Wildman–Crippen LogP) is 3.76. The summed E-state index contributed by atoms with van der Waals surface area (Å²) < 4.78 is 113. The van der Waals surface area contributed by atoms with Crippen LogP contribution >= 0.6 is 0 Å². The molecule has 56 valence electrons. The average molecular weight is 143 g/mol. The molecule has 0 heterocycles. The second-order valence-electron chi connectivity index (χ2n) is 1.05. The quantitative estimate of drug-likeness (QED) is 0.531. The van der Waals surface area contributed by atoms with Gasteiger partial charge in [0.1, 0.15) is 0 Å². The van der Waals surface area contributed by atoms with E-state index in [-0.39, 0.29) is 0 Å². The van der Waals surface area contributed by atoms with Gasteiger partial charge in [0.25, 0.3) is 0 Å². The molecule has 0 nitrogen and oxygen atoms in total. The highest BCUT2D eigenvalue weighted by molar-refractivity contribution is 4.41. The van der Waals surface area contributed by atoms with Crippen LogP contribution < -0.4 is 0 Å². The maximum absolute atomic E-state index is 7.72. The summed E-state index contributed by atoms with van der Waals surface area (Å²) in [5.41, 5.74) is 0. The zero-order chi connectivity index (χ0) is 20.2. The van der Waals surface area contributed by atoms with E-state index >= 15 is 0 Å². The van der Waals surface area contributed by atoms with Crippen molar-refractivity contribution >= 4 is 0 Å². The van der Waals surface area contributed by atoms with Gasteiger partial charge < -0.3 is 0 Å². The van der Waals surface area contributed by atoms with Crippen molar-refractivity contribution in [3.8, 4) is 0 Å². The van der Waals surface area contributed by atoms with Crippen molar-refractivity contribution in [3.05, 3.63) is 0 Å². The third-order valence-electron chi connectivity index (χ3n) is 0.463. The summed E-state index contributed by atoms with van der Waals surface area (Å²) in [6.07, 6.45) is -25.2. The van der Waals surface area contributed by atoms with Crippen molar-refractivity contribution in [1.29, 1.82) is 0 Å². The lowest BCUT2D eigenvalue weighted by atomic mass is 10.1. The Balaban J connectivity index is 6.42. The molecule has 0 aromatic rings. The molecule has 0 atom stereocenters. The van der Waals surface area contributed by atoms with E-state index in [2.05, 4.69) is 0 Å². The Morgan fingerprint density at radius 3 is 2.11 bits per heavy atom. The van der Waals surface area contributed by atoms with Crippen LogP contribution in [0.4, 0.5) is 0 Å². The van der Waals surface area contributed by atoms with E-state index in [0.717, 1.165) is 0 Å². The number of hydrogen-bond acceptors (Lipinski definition) is 0. The monoisotopic (exact) mass is 143 g/mol. The molecule has 0 amide bonds. The van der Waals surface area contributed by atoms with Gasteiger partial charge >= 0.3 is 0 Å². The van der Waals surface area contributed by atoms with E-state index in [1.807, 2.05) is 0 Å². The lowest BCUT2D eigenvalue weighted by Crippen LogP contribution is -1.76. The van der Waals surface area contributed by atoms with E-state index < -0.39 is 51.5 Å². The van der Waals surface area contributed by atoms with E-state index in [1.165, 1.54) is 0 Å². The molecule has 0 saturated carbocycles. The minimum atomic E-state index is -3.97. The fourth-order valence-corrected chi connectivity index (χ4v) is 0.200. The standard InChI is InChI=1S/C9H20/c1-3-5-7-9-8-6-4-2/h3-9H2,1-2H3/i1D,3D2,4D2,5D2,6D2,7D2,8D2,9D2. The van der Waals surface area contributed by atoms with Gasteiger partial charge in [0, 0.05) is 20.6 Å². The molecule has 0 spiro atoms. The minimum Gasteiger partial charge on any atom is -0.0654 e. The van der Waals surface area contributed by atoms with E-state index in [4.69, 9.17) is 20.6 Å². The number of hydrogen-bond donors (Lipinski definition) is 0. The SMILES string of the molecule is [2H]CC([2H])([2H])C([2H])([2H])C([2H])([2H])C([2H])([2H])C([2H])([2H])C([2H])([2H])C([2H])([2H])C. The molecular formula is C9H20. The van der Waals surface area contributed by atoms with Gasteiger partial charge in [0.2, 0.25) is 0 Å². The Bertz CT molecular complexity index is 456. The first kappa shape index (κ1) is 1.09. The molecule has 0 bridgehead atoms. The smallest absolute Gasteiger partial charge is 0.0267 e. The summed E-state index contributed by atoms with van der Waals surface area (Å²) in [6.45, 7) is -0.645. The van der Waals surface area contributed by atoms with Gasteiger partial charge in [-0.1, -0.05) is 58.4 Å². The molecule has 0 saturated heterocycles. The molecule has 0 radical (unpaired) electrons. The Hall–Kier alpha value is 0. The Morgan fingerprint density at radius 1 is 1.00 bits per heavy atom. The van der Waals surface area contributed by atoms with Gasteiger partial charge in [-0.05, 0) is 0 Å². The Labute approximate surface area is 80.7 Å². The van der Waals surface area contributed by atoms with Crippen molar-refractivity contribution in [2.45, 2.75) is 58.4 Å². The van der Waals surface area contributed by atoms with Crippen molar-refractivity contribution in [1.82, 2.24) is 0 Å². The van der Waals surface area contributed by atoms with Gasteiger partial charge in [-0.15, -0.1) is 0 Å². The fraction of sp³-hybridized carbons (Fsp3) is 1.00. The molecule has 0 N–H and O–H groups in total. The number of rotatable bonds is 6. The first-order valence-electron chi connectivity index (χ1n) is 10.1. The zero-order valence-electron chi connectivity index (χ0n) is 20.2. The lowest BCUT2D eigenvalue weighted by Gasteiger charge is -1.96. The van der Waals surface area contributed by atoms with Crippen LogP contribution in [0.1, 0.15) is 79.0 Å². The molecule has 0 aromatic carbocycles. The molecule has 0 aliphatic rings. The second kappa shape index (κ2) is 8.00. The van der Waals surface area contributed by atoms with Crippen LogP contribution in [0.5, 0.6) is 0 Å². The van der Waals surface area contributed by atoms with E-state index in [0.29, 0.717) is 6.92 Å². The van der Waals surface area contributed by atoms with Crippen LogP contribution in [0.15, 0.2) is 0 Å². The van der Waals surface area contributed by atoms with Crippen LogP contribution in [0.3, 0.4) is 0 Å². The first-order valence-corrected chi connectivity index (χ1v) is 2.35. The van der Waals surface area contributed by atoms with E-state index in [9.17, 15) is 0 Å². The second-order valence-corrected chi connectivity index (χ2v) is 1.05. The topological polar surface area (TPSA) is 0 Å². The summed E-state index contributed by atoms with van der Waals surface area (Å²) in [4.78, 5) is 0. The van der Waals surface area contributed by atoms with Crippen molar-refractivity contribution in [3.63, 3.8) is 0 Å². The molecule has 0 rings (SSSR count). The van der Waals surface area contributed by atoms with Crippen LogP contribution in [0.2, 0.25) is 0 Å². The van der Waals surface area contributed by atoms with E-state index in [1.54, 1.807) is 0 Å². The largest absolute Gasteiger partial charge is 0.0654 e. The lowest BCUT2D eigenvalue weighted by molar-refractivity contribution is 0.602. The van der Waals surface area contributed by atoms with Crippen LogP contribution in [-0.2, 0) is 0 Å². The van der Waals surface area contributed by atoms with Gasteiger partial charge in [0.15, 0.2) is 0 Å². The summed E-state index contributed by atoms with van der Waals surface area (Å²) >= 11 is 0. The Morgan fingerprint density at radius 2 is 1.56 bits per heavy atom. The van der Waals surface area contributed by atoms with Gasteiger partial charge in [0.05, 0.1) is 0 Å². The first-order chi connectivity index (χ1) is 10.1.